The minimum absolute atomic E-state index is 0.226. The number of hydrogen-bond donors (Lipinski definition) is 2. The zero-order valence-corrected chi connectivity index (χ0v) is 15.3. The molecule has 0 atom stereocenters. The van der Waals surface area contributed by atoms with Gasteiger partial charge in [-0.2, -0.15) is 0 Å². The van der Waals surface area contributed by atoms with Gasteiger partial charge in [-0.25, -0.2) is 14.4 Å². The first-order valence-electron chi connectivity index (χ1n) is 8.71. The van der Waals surface area contributed by atoms with E-state index in [1.165, 1.54) is 12.4 Å². The van der Waals surface area contributed by atoms with Crippen molar-refractivity contribution in [3.8, 4) is 0 Å². The van der Waals surface area contributed by atoms with Crippen molar-refractivity contribution < 1.29 is 9.18 Å². The Hall–Kier alpha value is -3.28. The standard InChI is InChI=1S/C21H21FN4O/c1-14-7-8-18(15(2)11-14)26-21(27)19-12-20(25-13-24-19)23-10-9-16-5-3-4-6-17(16)22/h3-8,11-13H,9-10H2,1-2H3,(H,26,27)(H,23,24,25). The number of aryl methyl sites for hydroxylation is 2. The van der Waals surface area contributed by atoms with Crippen molar-refractivity contribution in [1.82, 2.24) is 9.97 Å². The Morgan fingerprint density at radius 1 is 1.07 bits per heavy atom. The van der Waals surface area contributed by atoms with E-state index in [0.29, 0.717) is 24.3 Å². The number of aromatic nitrogens is 2. The molecule has 2 aromatic carbocycles. The molecule has 138 valence electrons. The van der Waals surface area contributed by atoms with Gasteiger partial charge in [0.1, 0.15) is 23.7 Å². The summed E-state index contributed by atoms with van der Waals surface area (Å²) >= 11 is 0. The molecule has 1 amide bonds. The first kappa shape index (κ1) is 18.5. The van der Waals surface area contributed by atoms with E-state index >= 15 is 0 Å². The largest absolute Gasteiger partial charge is 0.370 e. The molecule has 0 saturated heterocycles. The van der Waals surface area contributed by atoms with Gasteiger partial charge >= 0.3 is 0 Å². The number of halogens is 1. The smallest absolute Gasteiger partial charge is 0.274 e. The number of amides is 1. The molecule has 6 heteroatoms. The second kappa shape index (κ2) is 8.40. The molecule has 0 fully saturated rings. The summed E-state index contributed by atoms with van der Waals surface area (Å²) in [5.74, 6) is -0.0100. The molecule has 0 aliphatic rings. The second-order valence-electron chi connectivity index (χ2n) is 6.33. The molecule has 0 bridgehead atoms. The predicted octanol–water partition coefficient (Wildman–Crippen LogP) is 4.14. The molecular weight excluding hydrogens is 343 g/mol. The van der Waals surface area contributed by atoms with Gasteiger partial charge < -0.3 is 10.6 Å². The maximum absolute atomic E-state index is 13.6. The quantitative estimate of drug-likeness (QED) is 0.690. The maximum Gasteiger partial charge on any atom is 0.274 e. The highest BCUT2D eigenvalue weighted by molar-refractivity contribution is 6.03. The molecule has 5 nitrogen and oxygen atoms in total. The van der Waals surface area contributed by atoms with Crippen LogP contribution in [0.5, 0.6) is 0 Å². The van der Waals surface area contributed by atoms with Crippen LogP contribution in [0.1, 0.15) is 27.2 Å². The summed E-state index contributed by atoms with van der Waals surface area (Å²) in [6, 6.07) is 14.1. The number of benzene rings is 2. The molecule has 3 aromatic rings. The van der Waals surface area contributed by atoms with Crippen LogP contribution >= 0.6 is 0 Å². The Kier molecular flexibility index (Phi) is 5.76. The molecule has 0 aliphatic carbocycles. The maximum atomic E-state index is 13.6. The zero-order valence-electron chi connectivity index (χ0n) is 15.3. The first-order valence-corrected chi connectivity index (χ1v) is 8.71. The van der Waals surface area contributed by atoms with E-state index in [1.807, 2.05) is 32.0 Å². The van der Waals surface area contributed by atoms with Gasteiger partial charge in [-0.1, -0.05) is 35.9 Å². The molecule has 27 heavy (non-hydrogen) atoms. The van der Waals surface area contributed by atoms with Crippen LogP contribution in [0.4, 0.5) is 15.9 Å². The van der Waals surface area contributed by atoms with E-state index in [-0.39, 0.29) is 17.4 Å². The van der Waals surface area contributed by atoms with Crippen molar-refractivity contribution in [2.24, 2.45) is 0 Å². The third kappa shape index (κ3) is 4.88. The number of carbonyl (C=O) groups is 1. The molecular formula is C21H21FN4O. The fraction of sp³-hybridized carbons (Fsp3) is 0.190. The molecule has 0 saturated carbocycles. The highest BCUT2D eigenvalue weighted by Gasteiger charge is 2.11. The lowest BCUT2D eigenvalue weighted by Gasteiger charge is -2.10. The summed E-state index contributed by atoms with van der Waals surface area (Å²) in [6.07, 6.45) is 1.85. The number of anilines is 2. The molecule has 2 N–H and O–H groups in total. The van der Waals surface area contributed by atoms with Crippen LogP contribution in [-0.2, 0) is 6.42 Å². The van der Waals surface area contributed by atoms with E-state index in [2.05, 4.69) is 20.6 Å². The predicted molar refractivity (Wildman–Crippen MR) is 104 cm³/mol. The summed E-state index contributed by atoms with van der Waals surface area (Å²) in [5.41, 5.74) is 3.76. The van der Waals surface area contributed by atoms with Gasteiger partial charge in [0.2, 0.25) is 0 Å². The first-order chi connectivity index (χ1) is 13.0. The van der Waals surface area contributed by atoms with Gasteiger partial charge in [0.15, 0.2) is 0 Å². The van der Waals surface area contributed by atoms with Gasteiger partial charge in [0.25, 0.3) is 5.91 Å². The van der Waals surface area contributed by atoms with Crippen LogP contribution in [0, 0.1) is 19.7 Å². The molecule has 0 aliphatic heterocycles. The molecule has 1 aromatic heterocycles. The number of hydrogen-bond acceptors (Lipinski definition) is 4. The summed E-state index contributed by atoms with van der Waals surface area (Å²) < 4.78 is 13.6. The highest BCUT2D eigenvalue weighted by Crippen LogP contribution is 2.17. The fourth-order valence-electron chi connectivity index (χ4n) is 2.74. The van der Waals surface area contributed by atoms with Gasteiger partial charge in [-0.15, -0.1) is 0 Å². The summed E-state index contributed by atoms with van der Waals surface area (Å²) in [4.78, 5) is 20.6. The van der Waals surface area contributed by atoms with E-state index < -0.39 is 0 Å². The van der Waals surface area contributed by atoms with Crippen molar-refractivity contribution in [3.05, 3.63) is 83.1 Å². The van der Waals surface area contributed by atoms with Crippen LogP contribution < -0.4 is 10.6 Å². The Morgan fingerprint density at radius 2 is 1.89 bits per heavy atom. The van der Waals surface area contributed by atoms with Crippen LogP contribution in [0.3, 0.4) is 0 Å². The van der Waals surface area contributed by atoms with Gasteiger partial charge in [-0.05, 0) is 43.5 Å². The Balaban J connectivity index is 1.62. The van der Waals surface area contributed by atoms with Crippen molar-refractivity contribution in [3.63, 3.8) is 0 Å². The van der Waals surface area contributed by atoms with Crippen molar-refractivity contribution >= 4 is 17.4 Å². The lowest BCUT2D eigenvalue weighted by molar-refractivity contribution is 0.102. The minimum Gasteiger partial charge on any atom is -0.370 e. The molecule has 0 radical (unpaired) electrons. The molecule has 0 spiro atoms. The molecule has 1 heterocycles. The molecule has 0 unspecified atom stereocenters. The molecule has 3 rings (SSSR count). The fourth-order valence-corrected chi connectivity index (χ4v) is 2.74. The number of rotatable bonds is 6. The van der Waals surface area contributed by atoms with E-state index in [4.69, 9.17) is 0 Å². The van der Waals surface area contributed by atoms with Crippen LogP contribution in [0.2, 0.25) is 0 Å². The van der Waals surface area contributed by atoms with E-state index in [0.717, 1.165) is 16.8 Å². The zero-order chi connectivity index (χ0) is 19.2. The minimum atomic E-state index is -0.304. The summed E-state index contributed by atoms with van der Waals surface area (Å²) in [7, 11) is 0. The number of nitrogens with one attached hydrogen (secondary N) is 2. The average Bonchev–Trinajstić information content (AvgIpc) is 2.66. The van der Waals surface area contributed by atoms with E-state index in [9.17, 15) is 9.18 Å². The number of carbonyl (C=O) groups excluding carboxylic acids is 1. The summed E-state index contributed by atoms with van der Waals surface area (Å²) in [6.45, 7) is 4.44. The normalized spacial score (nSPS) is 10.5. The SMILES string of the molecule is Cc1ccc(NC(=O)c2cc(NCCc3ccccc3F)ncn2)c(C)c1. The van der Waals surface area contributed by atoms with Crippen LogP contribution in [-0.4, -0.2) is 22.4 Å². The Morgan fingerprint density at radius 3 is 2.67 bits per heavy atom. The van der Waals surface area contributed by atoms with Crippen LogP contribution in [0.15, 0.2) is 54.9 Å². The van der Waals surface area contributed by atoms with Gasteiger partial charge in [-0.3, -0.25) is 4.79 Å². The topological polar surface area (TPSA) is 66.9 Å². The Bertz CT molecular complexity index is 958. The highest BCUT2D eigenvalue weighted by atomic mass is 19.1. The Labute approximate surface area is 157 Å². The third-order valence-electron chi connectivity index (χ3n) is 4.19. The van der Waals surface area contributed by atoms with Crippen LogP contribution in [0.25, 0.3) is 0 Å². The third-order valence-corrected chi connectivity index (χ3v) is 4.19. The van der Waals surface area contributed by atoms with Crippen molar-refractivity contribution in [2.75, 3.05) is 17.2 Å². The average molecular weight is 364 g/mol. The van der Waals surface area contributed by atoms with Gasteiger partial charge in [0, 0.05) is 18.3 Å². The van der Waals surface area contributed by atoms with Crippen molar-refractivity contribution in [1.29, 1.82) is 0 Å². The van der Waals surface area contributed by atoms with E-state index in [1.54, 1.807) is 24.3 Å². The monoisotopic (exact) mass is 364 g/mol. The lowest BCUT2D eigenvalue weighted by Crippen LogP contribution is -2.16. The number of nitrogens with zero attached hydrogens (tertiary/aromatic N) is 2. The van der Waals surface area contributed by atoms with Gasteiger partial charge in [0.05, 0.1) is 0 Å². The summed E-state index contributed by atoms with van der Waals surface area (Å²) in [5, 5.41) is 5.96. The second-order valence-corrected chi connectivity index (χ2v) is 6.33. The van der Waals surface area contributed by atoms with Crippen molar-refractivity contribution in [2.45, 2.75) is 20.3 Å². The lowest BCUT2D eigenvalue weighted by atomic mass is 10.1.